The molecular formula is C16H21NO2. The molecule has 0 radical (unpaired) electrons. The lowest BCUT2D eigenvalue weighted by Crippen LogP contribution is -2.34. The first-order chi connectivity index (χ1) is 9.17. The van der Waals surface area contributed by atoms with Crippen LogP contribution < -0.4 is 0 Å². The van der Waals surface area contributed by atoms with Gasteiger partial charge in [-0.15, -0.1) is 0 Å². The molecule has 0 bridgehead atoms. The van der Waals surface area contributed by atoms with Crippen molar-refractivity contribution in [3.63, 3.8) is 0 Å². The molecule has 1 aromatic rings. The van der Waals surface area contributed by atoms with Crippen LogP contribution in [-0.2, 0) is 14.9 Å². The van der Waals surface area contributed by atoms with E-state index in [1.165, 1.54) is 6.92 Å². The van der Waals surface area contributed by atoms with Gasteiger partial charge in [-0.05, 0) is 18.9 Å². The number of hydrogen-bond acceptors (Lipinski definition) is 3. The number of Topliss-reactive ketones (excluding diaryl/α,β-unsaturated/α-hetero) is 1. The molecule has 0 amide bonds. The van der Waals surface area contributed by atoms with Crippen LogP contribution in [0.3, 0.4) is 0 Å². The third-order valence-corrected chi connectivity index (χ3v) is 3.32. The maximum atomic E-state index is 11.9. The second-order valence-electron chi connectivity index (χ2n) is 4.66. The first kappa shape index (κ1) is 15.4. The van der Waals surface area contributed by atoms with Crippen molar-refractivity contribution in [2.45, 2.75) is 38.5 Å². The highest BCUT2D eigenvalue weighted by Gasteiger charge is 2.37. The lowest BCUT2D eigenvalue weighted by Gasteiger charge is -2.24. The van der Waals surface area contributed by atoms with Gasteiger partial charge in [0.25, 0.3) is 0 Å². The Kier molecular flexibility index (Phi) is 6.24. The van der Waals surface area contributed by atoms with Gasteiger partial charge in [-0.2, -0.15) is 5.26 Å². The third-order valence-electron chi connectivity index (χ3n) is 3.32. The minimum absolute atomic E-state index is 0.125. The maximum absolute atomic E-state index is 11.9. The van der Waals surface area contributed by atoms with E-state index in [1.54, 1.807) is 0 Å². The summed E-state index contributed by atoms with van der Waals surface area (Å²) in [6, 6.07) is 11.4. The van der Waals surface area contributed by atoms with E-state index in [1.807, 2.05) is 30.3 Å². The molecule has 0 aliphatic rings. The summed E-state index contributed by atoms with van der Waals surface area (Å²) >= 11 is 0. The Bertz CT molecular complexity index is 436. The maximum Gasteiger partial charge on any atom is 0.154 e. The summed E-state index contributed by atoms with van der Waals surface area (Å²) in [6.45, 7) is 4.69. The summed E-state index contributed by atoms with van der Waals surface area (Å²) < 4.78 is 5.50. The monoisotopic (exact) mass is 259 g/mol. The van der Waals surface area contributed by atoms with Crippen LogP contribution in [0.15, 0.2) is 30.3 Å². The van der Waals surface area contributed by atoms with Crippen molar-refractivity contribution in [3.05, 3.63) is 35.9 Å². The molecule has 1 aromatic carbocycles. The Labute approximate surface area is 115 Å². The van der Waals surface area contributed by atoms with Gasteiger partial charge < -0.3 is 4.74 Å². The topological polar surface area (TPSA) is 50.1 Å². The molecule has 1 atom stereocenters. The molecule has 0 fully saturated rings. The van der Waals surface area contributed by atoms with Crippen LogP contribution >= 0.6 is 0 Å². The van der Waals surface area contributed by atoms with Crippen molar-refractivity contribution >= 4 is 5.78 Å². The first-order valence-corrected chi connectivity index (χ1v) is 6.73. The van der Waals surface area contributed by atoms with E-state index >= 15 is 0 Å². The summed E-state index contributed by atoms with van der Waals surface area (Å²) in [5.41, 5.74) is -0.322. The predicted octanol–water partition coefficient (Wildman–Crippen LogP) is 3.24. The van der Waals surface area contributed by atoms with Gasteiger partial charge in [-0.25, -0.2) is 0 Å². The average Bonchev–Trinajstić information content (AvgIpc) is 2.44. The standard InChI is InChI=1S/C16H21NO2/c1-3-4-11-19-12-10-16(13-17,14(2)18)15-8-6-5-7-9-15/h5-9H,3-4,10-12H2,1-2H3. The quantitative estimate of drug-likeness (QED) is 0.673. The molecule has 0 spiro atoms. The van der Waals surface area contributed by atoms with Gasteiger partial charge in [0.05, 0.1) is 6.07 Å². The van der Waals surface area contributed by atoms with E-state index < -0.39 is 5.41 Å². The van der Waals surface area contributed by atoms with Crippen molar-refractivity contribution in [1.82, 2.24) is 0 Å². The van der Waals surface area contributed by atoms with Crippen molar-refractivity contribution in [1.29, 1.82) is 5.26 Å². The minimum Gasteiger partial charge on any atom is -0.381 e. The fourth-order valence-corrected chi connectivity index (χ4v) is 2.02. The van der Waals surface area contributed by atoms with Gasteiger partial charge in [0, 0.05) is 19.6 Å². The van der Waals surface area contributed by atoms with E-state index in [4.69, 9.17) is 4.74 Å². The van der Waals surface area contributed by atoms with Crippen LogP contribution in [0.25, 0.3) is 0 Å². The second kappa shape index (κ2) is 7.70. The molecular weight excluding hydrogens is 238 g/mol. The molecule has 3 nitrogen and oxygen atoms in total. The van der Waals surface area contributed by atoms with Gasteiger partial charge >= 0.3 is 0 Å². The van der Waals surface area contributed by atoms with Crippen LogP contribution in [0, 0.1) is 11.3 Å². The second-order valence-corrected chi connectivity index (χ2v) is 4.66. The van der Waals surface area contributed by atoms with E-state index in [-0.39, 0.29) is 5.78 Å². The summed E-state index contributed by atoms with van der Waals surface area (Å²) in [5.74, 6) is -0.125. The van der Waals surface area contributed by atoms with Crippen LogP contribution in [-0.4, -0.2) is 19.0 Å². The zero-order valence-corrected chi connectivity index (χ0v) is 11.7. The highest BCUT2D eigenvalue weighted by molar-refractivity contribution is 5.91. The van der Waals surface area contributed by atoms with Crippen molar-refractivity contribution in [2.24, 2.45) is 0 Å². The van der Waals surface area contributed by atoms with Gasteiger partial charge in [-0.1, -0.05) is 43.7 Å². The molecule has 0 aromatic heterocycles. The number of carbonyl (C=O) groups is 1. The SMILES string of the molecule is CCCCOCCC(C#N)(C(C)=O)c1ccccc1. The van der Waals surface area contributed by atoms with Gasteiger partial charge in [0.2, 0.25) is 0 Å². The van der Waals surface area contributed by atoms with Crippen LogP contribution in [0.5, 0.6) is 0 Å². The number of ketones is 1. The fraction of sp³-hybridized carbons (Fsp3) is 0.500. The highest BCUT2D eigenvalue weighted by Crippen LogP contribution is 2.28. The number of rotatable bonds is 8. The number of benzene rings is 1. The molecule has 0 aliphatic carbocycles. The molecule has 0 N–H and O–H groups in total. The Balaban J connectivity index is 2.78. The first-order valence-electron chi connectivity index (χ1n) is 6.73. The molecule has 0 saturated heterocycles. The van der Waals surface area contributed by atoms with Crippen molar-refractivity contribution < 1.29 is 9.53 Å². The number of hydrogen-bond donors (Lipinski definition) is 0. The molecule has 1 rings (SSSR count). The van der Waals surface area contributed by atoms with Crippen LogP contribution in [0.4, 0.5) is 0 Å². The predicted molar refractivity (Wildman–Crippen MR) is 74.8 cm³/mol. The summed E-state index contributed by atoms with van der Waals surface area (Å²) in [7, 11) is 0. The normalized spacial score (nSPS) is 13.5. The largest absolute Gasteiger partial charge is 0.381 e. The Hall–Kier alpha value is -1.66. The van der Waals surface area contributed by atoms with Gasteiger partial charge in [0.1, 0.15) is 5.41 Å². The summed E-state index contributed by atoms with van der Waals surface area (Å²) in [5, 5.41) is 9.48. The molecule has 3 heteroatoms. The average molecular weight is 259 g/mol. The van der Waals surface area contributed by atoms with E-state index in [0.717, 1.165) is 18.4 Å². The van der Waals surface area contributed by atoms with Gasteiger partial charge in [-0.3, -0.25) is 4.79 Å². The minimum atomic E-state index is -1.08. The number of ether oxygens (including phenoxy) is 1. The molecule has 1 unspecified atom stereocenters. The smallest absolute Gasteiger partial charge is 0.154 e. The lowest BCUT2D eigenvalue weighted by atomic mass is 9.76. The zero-order chi connectivity index (χ0) is 14.1. The molecule has 0 heterocycles. The van der Waals surface area contributed by atoms with E-state index in [0.29, 0.717) is 19.6 Å². The highest BCUT2D eigenvalue weighted by atomic mass is 16.5. The lowest BCUT2D eigenvalue weighted by molar-refractivity contribution is -0.121. The Morgan fingerprint density at radius 1 is 1.32 bits per heavy atom. The van der Waals surface area contributed by atoms with E-state index in [2.05, 4.69) is 13.0 Å². The van der Waals surface area contributed by atoms with Crippen molar-refractivity contribution in [2.75, 3.05) is 13.2 Å². The molecule has 19 heavy (non-hydrogen) atoms. The molecule has 0 saturated carbocycles. The van der Waals surface area contributed by atoms with Crippen molar-refractivity contribution in [3.8, 4) is 6.07 Å². The number of carbonyl (C=O) groups excluding carboxylic acids is 1. The number of nitriles is 1. The summed E-state index contributed by atoms with van der Waals surface area (Å²) in [6.07, 6.45) is 2.49. The fourth-order valence-electron chi connectivity index (χ4n) is 2.02. The zero-order valence-electron chi connectivity index (χ0n) is 11.7. The Morgan fingerprint density at radius 3 is 2.53 bits per heavy atom. The third kappa shape index (κ3) is 3.90. The van der Waals surface area contributed by atoms with Crippen LogP contribution in [0.2, 0.25) is 0 Å². The van der Waals surface area contributed by atoms with E-state index in [9.17, 15) is 10.1 Å². The molecule has 0 aliphatic heterocycles. The number of unbranched alkanes of at least 4 members (excludes halogenated alkanes) is 1. The Morgan fingerprint density at radius 2 is 2.00 bits per heavy atom. The molecule has 102 valence electrons. The summed E-state index contributed by atoms with van der Waals surface area (Å²) in [4.78, 5) is 11.9. The van der Waals surface area contributed by atoms with Gasteiger partial charge in [0.15, 0.2) is 5.78 Å². The number of nitrogens with zero attached hydrogens (tertiary/aromatic N) is 1. The van der Waals surface area contributed by atoms with Crippen LogP contribution in [0.1, 0.15) is 38.7 Å².